The maximum absolute atomic E-state index is 15.3. The van der Waals surface area contributed by atoms with E-state index in [1.807, 2.05) is 58.9 Å². The molecule has 2 aliphatic heterocycles. The van der Waals surface area contributed by atoms with Gasteiger partial charge in [-0.2, -0.15) is 10.2 Å². The number of non-ortho nitro benzene ring substituents is 1. The first-order chi connectivity index (χ1) is 45.1. The van der Waals surface area contributed by atoms with Gasteiger partial charge in [-0.3, -0.25) is 19.9 Å². The number of nitrogens with one attached hydrogen (secondary N) is 3. The third kappa shape index (κ3) is 16.7. The third-order valence-corrected chi connectivity index (χ3v) is 15.9. The number of aryl methyl sites for hydroxylation is 2. The van der Waals surface area contributed by atoms with E-state index in [2.05, 4.69) is 42.4 Å². The zero-order valence-electron chi connectivity index (χ0n) is 52.6. The summed E-state index contributed by atoms with van der Waals surface area (Å²) in [6, 6.07) is 34.4. The number of nitrogens with zero attached hydrogens (tertiary/aromatic N) is 8. The van der Waals surface area contributed by atoms with Crippen LogP contribution in [0.5, 0.6) is 40.2 Å². The molecule has 2 aliphatic rings. The standard InChI is InChI=1S/C31H34FN5O5.C22H26FN5O3.C15H13NO5/c1-4-20-5-9-23(10-6-20)42-31(41)36-13-11-35(12-14-36)18-21-7-8-22(15-26(21)32)37-29(33-34-30(37)40)25-16-24(19(2)3)27(38)17-28(25)39;1-13(2)16-10-17(20(30)11-19(16)29)21-25-26-22(31)28(21)15-4-3-14(18(23)9-15)12-27-7-5-24-6-8-27;1-2-11-3-7-13(8-4-11)20-15(17)21-14-9-5-12(6-10-14)16(18)19/h5-10,15-17,19,38-39H,4,11-14,18H2,1-3H3,(H,34,40);3-4,9-11,13,24,29-30H,5-8,12H2,1-2H3,(H,26,31);3-10H,2H2,1H3. The number of carbonyl (C=O) groups excluding carboxylic acids is 2. The molecule has 24 nitrogen and oxygen atoms in total. The summed E-state index contributed by atoms with van der Waals surface area (Å²) in [7, 11) is 0. The Kier molecular flexibility index (Phi) is 22.0. The molecule has 11 rings (SSSR count). The number of nitro benzene ring substituents is 1. The van der Waals surface area contributed by atoms with Gasteiger partial charge < -0.3 is 44.9 Å². The Morgan fingerprint density at radius 3 is 1.35 bits per heavy atom. The number of piperazine rings is 2. The number of amides is 1. The molecule has 0 radical (unpaired) electrons. The van der Waals surface area contributed by atoms with Gasteiger partial charge in [0.2, 0.25) is 0 Å². The minimum Gasteiger partial charge on any atom is -0.508 e. The fourth-order valence-corrected chi connectivity index (χ4v) is 10.6. The van der Waals surface area contributed by atoms with Gasteiger partial charge in [-0.1, -0.05) is 77.9 Å². The zero-order chi connectivity index (χ0) is 67.3. The van der Waals surface area contributed by atoms with E-state index in [0.717, 1.165) is 50.1 Å². The Bertz CT molecular complexity index is 4250. The van der Waals surface area contributed by atoms with Crippen molar-refractivity contribution >= 4 is 17.9 Å². The van der Waals surface area contributed by atoms with E-state index in [4.69, 9.17) is 14.2 Å². The Balaban J connectivity index is 0.000000176. The van der Waals surface area contributed by atoms with E-state index in [-0.39, 0.29) is 74.7 Å². The van der Waals surface area contributed by atoms with Crippen molar-refractivity contribution in [2.75, 3.05) is 52.4 Å². The zero-order valence-corrected chi connectivity index (χ0v) is 52.6. The molecule has 2 fully saturated rings. The summed E-state index contributed by atoms with van der Waals surface area (Å²) in [5.74, 6) is -0.272. The highest BCUT2D eigenvalue weighted by atomic mass is 19.1. The number of hydrogen-bond donors (Lipinski definition) is 7. The smallest absolute Gasteiger partial charge is 0.508 e. The van der Waals surface area contributed by atoms with Crippen LogP contribution in [0, 0.1) is 21.7 Å². The van der Waals surface area contributed by atoms with E-state index in [9.17, 15) is 54.1 Å². The average Bonchev–Trinajstić information content (AvgIpc) is 1.60. The number of aromatic hydroxyl groups is 4. The van der Waals surface area contributed by atoms with Crippen molar-refractivity contribution in [1.82, 2.24) is 49.5 Å². The molecule has 0 aliphatic carbocycles. The number of benzene rings is 7. The quantitative estimate of drug-likeness (QED) is 0.0205. The first-order valence-electron chi connectivity index (χ1n) is 30.6. The number of rotatable bonds is 16. The third-order valence-electron chi connectivity index (χ3n) is 15.9. The van der Waals surface area contributed by atoms with Crippen molar-refractivity contribution < 1.29 is 57.9 Å². The molecule has 4 heterocycles. The summed E-state index contributed by atoms with van der Waals surface area (Å²) < 4.78 is 48.0. The SMILES string of the molecule is CC(C)c1cc(-c2n[nH]c(=O)n2-c2ccc(CN3CCNCC3)c(F)c2)c(O)cc1O.CCc1ccc(OC(=O)N2CCN(Cc3ccc(-n4c(-c5cc(C(C)C)c(O)cc5O)n[nH]c4=O)cc3F)CC2)cc1.CCc1ccc(OC(=O)Oc2ccc([N+](=O)[O-])cc2)cc1. The first-order valence-corrected chi connectivity index (χ1v) is 30.6. The Morgan fingerprint density at radius 1 is 0.553 bits per heavy atom. The van der Waals surface area contributed by atoms with Crippen LogP contribution in [0.25, 0.3) is 34.2 Å². The average molecular weight is 1290 g/mol. The lowest BCUT2D eigenvalue weighted by molar-refractivity contribution is -0.384. The minimum atomic E-state index is -0.895. The predicted octanol–water partition coefficient (Wildman–Crippen LogP) is 10.8. The largest absolute Gasteiger partial charge is 0.519 e. The van der Waals surface area contributed by atoms with Crippen LogP contribution in [0.2, 0.25) is 0 Å². The van der Waals surface area contributed by atoms with Crippen molar-refractivity contribution in [3.05, 3.63) is 210 Å². The van der Waals surface area contributed by atoms with Crippen LogP contribution >= 0.6 is 0 Å². The fourth-order valence-electron chi connectivity index (χ4n) is 10.6. The summed E-state index contributed by atoms with van der Waals surface area (Å²) in [5.41, 5.74) is 4.28. The number of aromatic amines is 2. The predicted molar refractivity (Wildman–Crippen MR) is 346 cm³/mol. The highest BCUT2D eigenvalue weighted by molar-refractivity contribution is 5.72. The molecule has 0 spiro atoms. The molecule has 2 saturated heterocycles. The van der Waals surface area contributed by atoms with E-state index < -0.39 is 40.2 Å². The number of ether oxygens (including phenoxy) is 3. The number of aromatic nitrogens is 6. The second-order valence-corrected chi connectivity index (χ2v) is 23.0. The van der Waals surface area contributed by atoms with E-state index in [0.29, 0.717) is 78.7 Å². The van der Waals surface area contributed by atoms with Gasteiger partial charge in [-0.05, 0) is 120 Å². The van der Waals surface area contributed by atoms with Crippen LogP contribution < -0.4 is 30.9 Å². The topological polar surface area (TPSA) is 309 Å². The molecule has 9 aromatic rings. The van der Waals surface area contributed by atoms with Crippen LogP contribution in [-0.4, -0.2) is 134 Å². The van der Waals surface area contributed by atoms with Crippen LogP contribution in [0.3, 0.4) is 0 Å². The molecule has 0 bridgehead atoms. The van der Waals surface area contributed by atoms with Crippen molar-refractivity contribution in [1.29, 1.82) is 0 Å². The number of H-pyrrole nitrogens is 2. The number of nitro groups is 1. The molecule has 2 aromatic heterocycles. The fraction of sp³-hybridized carbons (Fsp3) is 0.294. The van der Waals surface area contributed by atoms with Gasteiger partial charge in [-0.25, -0.2) is 47.3 Å². The Morgan fingerprint density at radius 2 is 0.957 bits per heavy atom. The van der Waals surface area contributed by atoms with Crippen LogP contribution in [0.15, 0.2) is 143 Å². The second-order valence-electron chi connectivity index (χ2n) is 23.0. The molecular weight excluding hydrogens is 1220 g/mol. The van der Waals surface area contributed by atoms with Gasteiger partial charge >= 0.3 is 23.6 Å². The molecule has 0 atom stereocenters. The maximum atomic E-state index is 15.3. The van der Waals surface area contributed by atoms with Gasteiger partial charge in [0.25, 0.3) is 5.69 Å². The number of phenols is 4. The molecular formula is C68H73F2N11O13. The Hall–Kier alpha value is -10.7. The maximum Gasteiger partial charge on any atom is 0.519 e. The summed E-state index contributed by atoms with van der Waals surface area (Å²) in [6.45, 7) is 18.0. The van der Waals surface area contributed by atoms with Gasteiger partial charge in [0, 0.05) is 101 Å². The highest BCUT2D eigenvalue weighted by Gasteiger charge is 2.26. The van der Waals surface area contributed by atoms with Crippen LogP contribution in [-0.2, 0) is 25.9 Å². The van der Waals surface area contributed by atoms with Crippen molar-refractivity contribution in [3.8, 4) is 74.4 Å². The van der Waals surface area contributed by atoms with Gasteiger partial charge in [0.05, 0.1) is 27.4 Å². The molecule has 0 unspecified atom stereocenters. The van der Waals surface area contributed by atoms with Crippen molar-refractivity contribution in [2.45, 2.75) is 79.3 Å². The van der Waals surface area contributed by atoms with Crippen LogP contribution in [0.4, 0.5) is 24.1 Å². The number of halogens is 2. The molecule has 0 saturated carbocycles. The van der Waals surface area contributed by atoms with E-state index in [1.54, 1.807) is 65.6 Å². The summed E-state index contributed by atoms with van der Waals surface area (Å²) in [5, 5.41) is 67.9. The Labute approximate surface area is 539 Å². The van der Waals surface area contributed by atoms with E-state index in [1.165, 1.54) is 57.7 Å². The monoisotopic (exact) mass is 1290 g/mol. The van der Waals surface area contributed by atoms with Crippen molar-refractivity contribution in [2.24, 2.45) is 0 Å². The lowest BCUT2D eigenvalue weighted by atomic mass is 9.98. The molecule has 94 heavy (non-hydrogen) atoms. The summed E-state index contributed by atoms with van der Waals surface area (Å²) in [6.07, 6.45) is 0.503. The molecule has 7 aromatic carbocycles. The van der Waals surface area contributed by atoms with Gasteiger partial charge in [-0.15, -0.1) is 0 Å². The summed E-state index contributed by atoms with van der Waals surface area (Å²) >= 11 is 0. The molecule has 7 N–H and O–H groups in total. The van der Waals surface area contributed by atoms with Gasteiger partial charge in [0.1, 0.15) is 51.9 Å². The minimum absolute atomic E-state index is 0.0137. The van der Waals surface area contributed by atoms with Crippen LogP contribution in [0.1, 0.15) is 86.8 Å². The second kappa shape index (κ2) is 30.6. The molecule has 492 valence electrons. The van der Waals surface area contributed by atoms with E-state index >= 15 is 4.39 Å². The lowest BCUT2D eigenvalue weighted by Crippen LogP contribution is -2.49. The molecule has 1 amide bonds. The lowest BCUT2D eigenvalue weighted by Gasteiger charge is -2.34. The number of carbonyl (C=O) groups is 2. The summed E-state index contributed by atoms with van der Waals surface area (Å²) in [4.78, 5) is 65.2. The molecule has 26 heteroatoms. The number of phenolic OH excluding ortho intramolecular Hbond substituents is 4. The number of hydrogen-bond acceptors (Lipinski definition) is 18. The van der Waals surface area contributed by atoms with Gasteiger partial charge in [0.15, 0.2) is 11.6 Å². The first kappa shape index (κ1) is 67.7. The van der Waals surface area contributed by atoms with Crippen molar-refractivity contribution in [3.63, 3.8) is 0 Å². The normalized spacial score (nSPS) is 13.4. The highest BCUT2D eigenvalue weighted by Crippen LogP contribution is 2.39.